The van der Waals surface area contributed by atoms with E-state index < -0.39 is 0 Å². The third-order valence-corrected chi connectivity index (χ3v) is 3.96. The summed E-state index contributed by atoms with van der Waals surface area (Å²) in [5.74, 6) is 0.376. The van der Waals surface area contributed by atoms with Gasteiger partial charge in [0.1, 0.15) is 18.0 Å². The number of fused-ring (bicyclic) bond motifs is 2. The van der Waals surface area contributed by atoms with Crippen molar-refractivity contribution in [2.45, 2.75) is 6.42 Å². The van der Waals surface area contributed by atoms with Crippen molar-refractivity contribution in [3.63, 3.8) is 0 Å². The largest absolute Gasteiger partial charge is 0.369 e. The van der Waals surface area contributed by atoms with Gasteiger partial charge in [0.15, 0.2) is 0 Å². The van der Waals surface area contributed by atoms with Crippen LogP contribution in [-0.2, 0) is 6.42 Å². The molecule has 0 unspecified atom stereocenters. The van der Waals surface area contributed by atoms with E-state index in [-0.39, 0.29) is 5.82 Å². The molecule has 4 nitrogen and oxygen atoms in total. The number of aromatic nitrogens is 3. The number of aromatic amines is 1. The Bertz CT molecular complexity index is 977. The molecule has 0 aliphatic rings. The number of hydrogen-bond donors (Lipinski definition) is 2. The first kappa shape index (κ1) is 13.7. The molecule has 5 heteroatoms. The second kappa shape index (κ2) is 5.68. The molecule has 2 N–H and O–H groups in total. The van der Waals surface area contributed by atoms with Crippen molar-refractivity contribution < 1.29 is 4.39 Å². The van der Waals surface area contributed by atoms with Crippen molar-refractivity contribution >= 4 is 27.6 Å². The fourth-order valence-electron chi connectivity index (χ4n) is 2.82. The molecule has 0 fully saturated rings. The van der Waals surface area contributed by atoms with Crippen LogP contribution in [0.25, 0.3) is 21.8 Å². The standard InChI is InChI=1S/C18H15FN4/c19-13-5-6-17-15(9-13)18(23-11-22-17)20-8-7-12-10-21-16-4-2-1-3-14(12)16/h1-6,9-11,21H,7-8H2,(H,20,22,23). The average molecular weight is 306 g/mol. The third-order valence-electron chi connectivity index (χ3n) is 3.96. The van der Waals surface area contributed by atoms with Gasteiger partial charge in [0.25, 0.3) is 0 Å². The zero-order valence-electron chi connectivity index (χ0n) is 12.4. The van der Waals surface area contributed by atoms with Crippen molar-refractivity contribution in [1.29, 1.82) is 0 Å². The fourth-order valence-corrected chi connectivity index (χ4v) is 2.82. The molecule has 4 aromatic rings. The van der Waals surface area contributed by atoms with Gasteiger partial charge in [0.05, 0.1) is 5.52 Å². The van der Waals surface area contributed by atoms with Crippen LogP contribution in [0, 0.1) is 5.82 Å². The van der Waals surface area contributed by atoms with Gasteiger partial charge in [-0.2, -0.15) is 0 Å². The highest BCUT2D eigenvalue weighted by Gasteiger charge is 2.06. The van der Waals surface area contributed by atoms with Gasteiger partial charge in [0.2, 0.25) is 0 Å². The molecule has 0 radical (unpaired) electrons. The summed E-state index contributed by atoms with van der Waals surface area (Å²) in [5.41, 5.74) is 3.12. The molecule has 0 amide bonds. The summed E-state index contributed by atoms with van der Waals surface area (Å²) in [6, 6.07) is 12.8. The minimum Gasteiger partial charge on any atom is -0.369 e. The number of para-hydroxylation sites is 1. The predicted octanol–water partition coefficient (Wildman–Crippen LogP) is 3.90. The number of rotatable bonds is 4. The molecule has 114 valence electrons. The van der Waals surface area contributed by atoms with Crippen LogP contribution in [0.4, 0.5) is 10.2 Å². The maximum absolute atomic E-state index is 13.4. The lowest BCUT2D eigenvalue weighted by Gasteiger charge is -2.08. The van der Waals surface area contributed by atoms with Crippen molar-refractivity contribution in [1.82, 2.24) is 15.0 Å². The summed E-state index contributed by atoms with van der Waals surface area (Å²) in [5, 5.41) is 5.22. The first-order valence-electron chi connectivity index (χ1n) is 7.50. The zero-order valence-corrected chi connectivity index (χ0v) is 12.4. The Balaban J connectivity index is 1.54. The van der Waals surface area contributed by atoms with Gasteiger partial charge in [-0.05, 0) is 36.2 Å². The summed E-state index contributed by atoms with van der Waals surface area (Å²) < 4.78 is 13.4. The highest BCUT2D eigenvalue weighted by molar-refractivity contribution is 5.88. The zero-order chi connectivity index (χ0) is 15.6. The van der Waals surface area contributed by atoms with Crippen LogP contribution in [0.1, 0.15) is 5.56 Å². The van der Waals surface area contributed by atoms with Gasteiger partial charge in [-0.1, -0.05) is 18.2 Å². The SMILES string of the molecule is Fc1ccc2ncnc(NCCc3c[nH]c4ccccc34)c2c1. The van der Waals surface area contributed by atoms with Gasteiger partial charge in [0, 0.05) is 29.0 Å². The third kappa shape index (κ3) is 2.61. The fraction of sp³-hybridized carbons (Fsp3) is 0.111. The maximum Gasteiger partial charge on any atom is 0.137 e. The van der Waals surface area contributed by atoms with E-state index in [1.165, 1.54) is 29.4 Å². The summed E-state index contributed by atoms with van der Waals surface area (Å²) in [7, 11) is 0. The van der Waals surface area contributed by atoms with E-state index >= 15 is 0 Å². The van der Waals surface area contributed by atoms with Crippen LogP contribution in [-0.4, -0.2) is 21.5 Å². The van der Waals surface area contributed by atoms with Crippen LogP contribution in [0.15, 0.2) is 55.0 Å². The number of nitrogens with zero attached hydrogens (tertiary/aromatic N) is 2. The summed E-state index contributed by atoms with van der Waals surface area (Å²) in [4.78, 5) is 11.7. The Labute approximate surface area is 132 Å². The summed E-state index contributed by atoms with van der Waals surface area (Å²) in [6.07, 6.45) is 4.38. The van der Waals surface area contributed by atoms with Gasteiger partial charge in [-0.25, -0.2) is 14.4 Å². The normalized spacial score (nSPS) is 11.2. The van der Waals surface area contributed by atoms with Crippen molar-refractivity contribution in [2.75, 3.05) is 11.9 Å². The van der Waals surface area contributed by atoms with Crippen molar-refractivity contribution in [3.05, 3.63) is 66.4 Å². The number of nitrogens with one attached hydrogen (secondary N) is 2. The number of H-pyrrole nitrogens is 1. The highest BCUT2D eigenvalue weighted by Crippen LogP contribution is 2.21. The highest BCUT2D eigenvalue weighted by atomic mass is 19.1. The van der Waals surface area contributed by atoms with Crippen molar-refractivity contribution in [2.24, 2.45) is 0 Å². The van der Waals surface area contributed by atoms with E-state index in [4.69, 9.17) is 0 Å². The smallest absolute Gasteiger partial charge is 0.137 e. The minimum atomic E-state index is -0.285. The number of hydrogen-bond acceptors (Lipinski definition) is 3. The molecule has 2 heterocycles. The number of anilines is 1. The molecule has 23 heavy (non-hydrogen) atoms. The molecule has 4 rings (SSSR count). The predicted molar refractivity (Wildman–Crippen MR) is 90.0 cm³/mol. The first-order valence-corrected chi connectivity index (χ1v) is 7.50. The van der Waals surface area contributed by atoms with Crippen LogP contribution >= 0.6 is 0 Å². The van der Waals surface area contributed by atoms with E-state index in [9.17, 15) is 4.39 Å². The molecule has 0 atom stereocenters. The van der Waals surface area contributed by atoms with E-state index in [1.807, 2.05) is 18.3 Å². The number of benzene rings is 2. The Morgan fingerprint density at radius 1 is 1.04 bits per heavy atom. The van der Waals surface area contributed by atoms with Gasteiger partial charge < -0.3 is 10.3 Å². The Kier molecular flexibility index (Phi) is 3.38. The van der Waals surface area contributed by atoms with E-state index in [0.717, 1.165) is 17.5 Å². The van der Waals surface area contributed by atoms with Gasteiger partial charge in [-0.3, -0.25) is 0 Å². The van der Waals surface area contributed by atoms with E-state index in [2.05, 4.69) is 32.4 Å². The van der Waals surface area contributed by atoms with Crippen LogP contribution in [0.5, 0.6) is 0 Å². The summed E-state index contributed by atoms with van der Waals surface area (Å²) >= 11 is 0. The van der Waals surface area contributed by atoms with Gasteiger partial charge in [-0.15, -0.1) is 0 Å². The van der Waals surface area contributed by atoms with Crippen LogP contribution in [0.3, 0.4) is 0 Å². The topological polar surface area (TPSA) is 53.6 Å². The molecule has 0 bridgehead atoms. The van der Waals surface area contributed by atoms with E-state index in [0.29, 0.717) is 17.7 Å². The molecule has 0 saturated heterocycles. The average Bonchev–Trinajstić information content (AvgIpc) is 2.99. The van der Waals surface area contributed by atoms with Gasteiger partial charge >= 0.3 is 0 Å². The maximum atomic E-state index is 13.4. The number of halogens is 1. The second-order valence-corrected chi connectivity index (χ2v) is 5.42. The summed E-state index contributed by atoms with van der Waals surface area (Å²) in [6.45, 7) is 0.713. The molecule has 0 aliphatic carbocycles. The lowest BCUT2D eigenvalue weighted by Crippen LogP contribution is -2.07. The second-order valence-electron chi connectivity index (χ2n) is 5.42. The monoisotopic (exact) mass is 306 g/mol. The Morgan fingerprint density at radius 2 is 1.96 bits per heavy atom. The van der Waals surface area contributed by atoms with Crippen molar-refractivity contribution in [3.8, 4) is 0 Å². The minimum absolute atomic E-state index is 0.285. The first-order chi connectivity index (χ1) is 11.3. The van der Waals surface area contributed by atoms with Crippen LogP contribution in [0.2, 0.25) is 0 Å². The lowest BCUT2D eigenvalue weighted by atomic mass is 10.1. The molecule has 2 aromatic carbocycles. The molecule has 0 saturated carbocycles. The Morgan fingerprint density at radius 3 is 2.91 bits per heavy atom. The molecular weight excluding hydrogens is 291 g/mol. The Hall–Kier alpha value is -2.95. The van der Waals surface area contributed by atoms with E-state index in [1.54, 1.807) is 6.07 Å². The quantitative estimate of drug-likeness (QED) is 0.601. The molecule has 0 aliphatic heterocycles. The molecule has 0 spiro atoms. The van der Waals surface area contributed by atoms with Crippen LogP contribution < -0.4 is 5.32 Å². The lowest BCUT2D eigenvalue weighted by molar-refractivity contribution is 0.629. The molecule has 2 aromatic heterocycles. The molecular formula is C18H15FN4.